The summed E-state index contributed by atoms with van der Waals surface area (Å²) in [4.78, 5) is 2.39. The molecule has 0 saturated carbocycles. The van der Waals surface area contributed by atoms with E-state index in [9.17, 15) is 0 Å². The minimum atomic E-state index is 1.09. The Morgan fingerprint density at radius 1 is 0.308 bits per heavy atom. The quantitative estimate of drug-likeness (QED) is 0.155. The van der Waals surface area contributed by atoms with E-state index < -0.39 is 0 Å². The van der Waals surface area contributed by atoms with Crippen LogP contribution in [0.3, 0.4) is 0 Å². The van der Waals surface area contributed by atoms with Crippen LogP contribution in [0.5, 0.6) is 0 Å². The number of hydrogen-bond donors (Lipinski definition) is 0. The van der Waals surface area contributed by atoms with E-state index in [4.69, 9.17) is 0 Å². The topological polar surface area (TPSA) is 8.17 Å². The highest BCUT2D eigenvalue weighted by atomic mass is 32.1. The third kappa shape index (κ3) is 6.31. The van der Waals surface area contributed by atoms with Crippen molar-refractivity contribution in [1.82, 2.24) is 4.57 Å². The zero-order valence-corrected chi connectivity index (χ0v) is 36.2. The molecule has 0 unspecified atom stereocenters. The Bertz CT molecular complexity index is 3890. The molecule has 11 aromatic carbocycles. The van der Waals surface area contributed by atoms with Gasteiger partial charge in [-0.25, -0.2) is 0 Å². The van der Waals surface area contributed by atoms with Gasteiger partial charge < -0.3 is 9.47 Å². The maximum absolute atomic E-state index is 2.39. The van der Waals surface area contributed by atoms with E-state index in [1.54, 1.807) is 0 Å². The number of fused-ring (bicyclic) bond motifs is 9. The summed E-state index contributed by atoms with van der Waals surface area (Å²) in [7, 11) is 0. The Balaban J connectivity index is 0.892. The van der Waals surface area contributed by atoms with Gasteiger partial charge in [-0.05, 0) is 122 Å². The number of aromatic nitrogens is 1. The summed E-state index contributed by atoms with van der Waals surface area (Å²) in [5, 5.41) is 10.3. The standard InChI is InChI=1S/C62H40N2S/c1-3-19-52-43(12-1)14-11-23-53(52)47-16-10-17-50(39-47)63(49-34-28-42(29-35-49)46-31-36-57-58-37-30-44-13-2-4-20-54(44)62(58)65-61(57)40-46)48-32-26-41(27-33-48)45-15-9-18-51(38-45)64-59-24-7-5-21-55(59)56-22-6-8-25-60(56)64/h1-40H. The highest BCUT2D eigenvalue weighted by molar-refractivity contribution is 7.26. The van der Waals surface area contributed by atoms with Crippen molar-refractivity contribution < 1.29 is 0 Å². The number of anilines is 3. The van der Waals surface area contributed by atoms with Gasteiger partial charge in [-0.3, -0.25) is 0 Å². The van der Waals surface area contributed by atoms with Gasteiger partial charge in [-0.15, -0.1) is 11.3 Å². The van der Waals surface area contributed by atoms with Gasteiger partial charge in [-0.2, -0.15) is 0 Å². The lowest BCUT2D eigenvalue weighted by molar-refractivity contribution is 1.18. The summed E-state index contributed by atoms with van der Waals surface area (Å²) < 4.78 is 5.05. The summed E-state index contributed by atoms with van der Waals surface area (Å²) in [5.74, 6) is 0. The molecular weight excluding hydrogens is 805 g/mol. The smallest absolute Gasteiger partial charge is 0.0541 e. The Kier molecular flexibility index (Phi) is 8.75. The van der Waals surface area contributed by atoms with Crippen LogP contribution in [0.2, 0.25) is 0 Å². The van der Waals surface area contributed by atoms with Gasteiger partial charge in [-0.1, -0.05) is 176 Å². The zero-order chi connectivity index (χ0) is 42.8. The molecule has 0 fully saturated rings. The molecule has 2 nitrogen and oxygen atoms in total. The molecule has 0 spiro atoms. The molecule has 13 rings (SSSR count). The van der Waals surface area contributed by atoms with Gasteiger partial charge >= 0.3 is 0 Å². The van der Waals surface area contributed by atoms with Crippen molar-refractivity contribution in [2.75, 3.05) is 4.90 Å². The Morgan fingerprint density at radius 2 is 0.846 bits per heavy atom. The average Bonchev–Trinajstić information content (AvgIpc) is 3.93. The van der Waals surface area contributed by atoms with Crippen LogP contribution in [-0.2, 0) is 0 Å². The Hall–Kier alpha value is -8.24. The molecule has 0 aliphatic rings. The Morgan fingerprint density at radius 3 is 1.57 bits per heavy atom. The summed E-state index contributed by atoms with van der Waals surface area (Å²) >= 11 is 1.89. The van der Waals surface area contributed by atoms with Crippen molar-refractivity contribution in [3.8, 4) is 39.1 Å². The van der Waals surface area contributed by atoms with Crippen molar-refractivity contribution in [2.24, 2.45) is 0 Å². The van der Waals surface area contributed by atoms with Crippen molar-refractivity contribution in [3.63, 3.8) is 0 Å². The van der Waals surface area contributed by atoms with Crippen LogP contribution in [0.15, 0.2) is 243 Å². The fraction of sp³-hybridized carbons (Fsp3) is 0. The van der Waals surface area contributed by atoms with E-state index in [2.05, 4.69) is 252 Å². The van der Waals surface area contributed by atoms with Gasteiger partial charge in [0.25, 0.3) is 0 Å². The first-order valence-electron chi connectivity index (χ1n) is 22.2. The van der Waals surface area contributed by atoms with Gasteiger partial charge in [0.2, 0.25) is 0 Å². The molecule has 0 amide bonds. The number of nitrogens with zero attached hydrogens (tertiary/aromatic N) is 2. The van der Waals surface area contributed by atoms with Crippen LogP contribution in [-0.4, -0.2) is 4.57 Å². The number of thiophene rings is 1. The molecule has 0 saturated heterocycles. The second-order valence-electron chi connectivity index (χ2n) is 16.9. The predicted molar refractivity (Wildman–Crippen MR) is 280 cm³/mol. The molecule has 0 N–H and O–H groups in total. The van der Waals surface area contributed by atoms with E-state index in [0.717, 1.165) is 22.7 Å². The minimum Gasteiger partial charge on any atom is -0.310 e. The van der Waals surface area contributed by atoms with Gasteiger partial charge in [0.15, 0.2) is 0 Å². The molecule has 0 radical (unpaired) electrons. The zero-order valence-electron chi connectivity index (χ0n) is 35.4. The Labute approximate surface area is 381 Å². The highest BCUT2D eigenvalue weighted by Crippen LogP contribution is 2.43. The SMILES string of the molecule is c1cc(-c2cccc3ccccc23)cc(N(c2ccc(-c3cccc(-n4c5ccccc5c5ccccc54)c3)cc2)c2ccc(-c3ccc4c(c3)sc3c5ccccc5ccc43)cc2)c1. The van der Waals surface area contributed by atoms with Crippen LogP contribution in [0.1, 0.15) is 0 Å². The summed E-state index contributed by atoms with van der Waals surface area (Å²) in [5.41, 5.74) is 14.0. The van der Waals surface area contributed by atoms with Crippen molar-refractivity contribution in [2.45, 2.75) is 0 Å². The summed E-state index contributed by atoms with van der Waals surface area (Å²) in [6.07, 6.45) is 0. The molecule has 0 atom stereocenters. The maximum Gasteiger partial charge on any atom is 0.0541 e. The highest BCUT2D eigenvalue weighted by Gasteiger charge is 2.17. The van der Waals surface area contributed by atoms with Crippen LogP contribution in [0.25, 0.3) is 103 Å². The van der Waals surface area contributed by atoms with E-state index >= 15 is 0 Å². The number of rotatable bonds is 7. The molecule has 2 heterocycles. The molecule has 0 aliphatic carbocycles. The normalized spacial score (nSPS) is 11.7. The van der Waals surface area contributed by atoms with Crippen molar-refractivity contribution >= 4 is 91.9 Å². The fourth-order valence-corrected chi connectivity index (χ4v) is 11.3. The first-order chi connectivity index (χ1) is 32.2. The molecule has 2 aromatic heterocycles. The first-order valence-corrected chi connectivity index (χ1v) is 23.1. The third-order valence-corrected chi connectivity index (χ3v) is 14.4. The molecular formula is C62H40N2S. The van der Waals surface area contributed by atoms with Crippen LogP contribution in [0, 0.1) is 0 Å². The van der Waals surface area contributed by atoms with Crippen molar-refractivity contribution in [3.05, 3.63) is 243 Å². The van der Waals surface area contributed by atoms with E-state index in [0.29, 0.717) is 0 Å². The second kappa shape index (κ2) is 15.2. The summed E-state index contributed by atoms with van der Waals surface area (Å²) in [6, 6.07) is 88.9. The first kappa shape index (κ1) is 37.3. The van der Waals surface area contributed by atoms with E-state index in [1.165, 1.54) is 96.9 Å². The van der Waals surface area contributed by atoms with E-state index in [1.807, 2.05) is 11.3 Å². The molecule has 0 aliphatic heterocycles. The van der Waals surface area contributed by atoms with Crippen LogP contribution < -0.4 is 4.90 Å². The van der Waals surface area contributed by atoms with Gasteiger partial charge in [0.05, 0.1) is 11.0 Å². The molecule has 3 heteroatoms. The minimum absolute atomic E-state index is 1.09. The molecule has 13 aromatic rings. The number of benzene rings is 11. The average molecular weight is 845 g/mol. The largest absolute Gasteiger partial charge is 0.310 e. The van der Waals surface area contributed by atoms with Crippen LogP contribution >= 0.6 is 11.3 Å². The lowest BCUT2D eigenvalue weighted by Crippen LogP contribution is -2.10. The van der Waals surface area contributed by atoms with E-state index in [-0.39, 0.29) is 0 Å². The fourth-order valence-electron chi connectivity index (χ4n) is 10.1. The van der Waals surface area contributed by atoms with Gasteiger partial charge in [0, 0.05) is 53.7 Å². The third-order valence-electron chi connectivity index (χ3n) is 13.2. The molecule has 65 heavy (non-hydrogen) atoms. The lowest BCUT2D eigenvalue weighted by atomic mass is 9.97. The monoisotopic (exact) mass is 844 g/mol. The van der Waals surface area contributed by atoms with Crippen molar-refractivity contribution in [1.29, 1.82) is 0 Å². The number of hydrogen-bond acceptors (Lipinski definition) is 2. The van der Waals surface area contributed by atoms with Gasteiger partial charge in [0.1, 0.15) is 0 Å². The lowest BCUT2D eigenvalue weighted by Gasteiger charge is -2.26. The summed E-state index contributed by atoms with van der Waals surface area (Å²) in [6.45, 7) is 0. The number of para-hydroxylation sites is 2. The molecule has 0 bridgehead atoms. The maximum atomic E-state index is 2.39. The second-order valence-corrected chi connectivity index (χ2v) is 18.0. The predicted octanol–water partition coefficient (Wildman–Crippen LogP) is 17.9. The molecule has 304 valence electrons. The van der Waals surface area contributed by atoms with Crippen LogP contribution in [0.4, 0.5) is 17.1 Å².